The summed E-state index contributed by atoms with van der Waals surface area (Å²) < 4.78 is 0. The molecule has 3 rings (SSSR count). The molecule has 1 atom stereocenters. The fraction of sp³-hybridized carbons (Fsp3) is 0.875. The molecular weight excluding hydrogens is 316 g/mol. The van der Waals surface area contributed by atoms with E-state index < -0.39 is 0 Å². The van der Waals surface area contributed by atoms with Crippen molar-refractivity contribution in [2.24, 2.45) is 5.92 Å². The summed E-state index contributed by atoms with van der Waals surface area (Å²) in [5, 5.41) is 3.32. The Labute approximate surface area is 145 Å². The highest BCUT2D eigenvalue weighted by Gasteiger charge is 2.34. The van der Waals surface area contributed by atoms with Crippen molar-refractivity contribution in [1.29, 1.82) is 0 Å². The largest absolute Gasteiger partial charge is 0.337 e. The Hall–Kier alpha value is -1.01. The molecule has 3 aliphatic heterocycles. The molecule has 7 heteroatoms. The van der Waals surface area contributed by atoms with E-state index >= 15 is 0 Å². The van der Waals surface area contributed by atoms with E-state index in [1.807, 2.05) is 14.7 Å². The van der Waals surface area contributed by atoms with Crippen LogP contribution in [0.15, 0.2) is 0 Å². The highest BCUT2D eigenvalue weighted by molar-refractivity contribution is 5.85. The monoisotopic (exact) mass is 344 g/mol. The zero-order valence-corrected chi connectivity index (χ0v) is 14.8. The first-order valence-corrected chi connectivity index (χ1v) is 8.72. The van der Waals surface area contributed by atoms with E-state index in [4.69, 9.17) is 0 Å². The van der Waals surface area contributed by atoms with Crippen molar-refractivity contribution in [1.82, 2.24) is 20.0 Å². The van der Waals surface area contributed by atoms with Gasteiger partial charge in [0, 0.05) is 57.8 Å². The van der Waals surface area contributed by atoms with Crippen LogP contribution in [0.3, 0.4) is 0 Å². The van der Waals surface area contributed by atoms with E-state index in [0.29, 0.717) is 5.91 Å². The summed E-state index contributed by atoms with van der Waals surface area (Å²) in [6.07, 6.45) is 3.88. The van der Waals surface area contributed by atoms with Gasteiger partial charge >= 0.3 is 6.03 Å². The molecule has 3 aliphatic rings. The lowest BCUT2D eigenvalue weighted by Gasteiger charge is -2.39. The summed E-state index contributed by atoms with van der Waals surface area (Å²) in [6, 6.07) is 0.462. The molecule has 3 amide bonds. The van der Waals surface area contributed by atoms with Gasteiger partial charge in [-0.05, 0) is 32.6 Å². The van der Waals surface area contributed by atoms with Gasteiger partial charge in [0.25, 0.3) is 0 Å². The topological polar surface area (TPSA) is 55.9 Å². The lowest BCUT2D eigenvalue weighted by molar-refractivity contribution is -0.139. The molecule has 23 heavy (non-hydrogen) atoms. The summed E-state index contributed by atoms with van der Waals surface area (Å²) in [4.78, 5) is 31.0. The van der Waals surface area contributed by atoms with Gasteiger partial charge in [0.05, 0.1) is 0 Å². The van der Waals surface area contributed by atoms with Crippen LogP contribution >= 0.6 is 12.4 Å². The third-order valence-electron chi connectivity index (χ3n) is 5.28. The normalized spacial score (nSPS) is 26.1. The number of halogens is 1. The third kappa shape index (κ3) is 4.10. The molecule has 0 aliphatic carbocycles. The molecule has 0 unspecified atom stereocenters. The Kier molecular flexibility index (Phi) is 6.53. The molecule has 3 heterocycles. The maximum atomic E-state index is 12.7. The van der Waals surface area contributed by atoms with Gasteiger partial charge in [-0.2, -0.15) is 0 Å². The van der Waals surface area contributed by atoms with Gasteiger partial charge in [-0.15, -0.1) is 12.4 Å². The van der Waals surface area contributed by atoms with Crippen LogP contribution in [0.4, 0.5) is 4.79 Å². The number of amides is 3. The first kappa shape index (κ1) is 18.3. The number of hydrogen-bond acceptors (Lipinski definition) is 3. The molecule has 0 bridgehead atoms. The summed E-state index contributed by atoms with van der Waals surface area (Å²) >= 11 is 0. The number of rotatable bonds is 1. The minimum atomic E-state index is 0. The van der Waals surface area contributed by atoms with Gasteiger partial charge in [-0.3, -0.25) is 4.79 Å². The van der Waals surface area contributed by atoms with E-state index in [1.54, 1.807) is 0 Å². The Balaban J connectivity index is 0.00000192. The van der Waals surface area contributed by atoms with Gasteiger partial charge < -0.3 is 20.0 Å². The number of carbonyl (C=O) groups is 2. The number of carbonyl (C=O) groups excluding carboxylic acids is 2. The van der Waals surface area contributed by atoms with Crippen molar-refractivity contribution in [3.63, 3.8) is 0 Å². The molecule has 3 fully saturated rings. The van der Waals surface area contributed by atoms with Crippen LogP contribution in [0.1, 0.15) is 32.6 Å². The van der Waals surface area contributed by atoms with Gasteiger partial charge in [-0.1, -0.05) is 0 Å². The van der Waals surface area contributed by atoms with Crippen LogP contribution in [-0.2, 0) is 4.79 Å². The number of likely N-dealkylation sites (tertiary alicyclic amines) is 2. The Morgan fingerprint density at radius 3 is 2.17 bits per heavy atom. The van der Waals surface area contributed by atoms with E-state index in [2.05, 4.69) is 12.2 Å². The molecule has 0 aromatic carbocycles. The van der Waals surface area contributed by atoms with Crippen LogP contribution in [-0.4, -0.2) is 78.5 Å². The van der Waals surface area contributed by atoms with Crippen LogP contribution in [0.5, 0.6) is 0 Å². The zero-order valence-electron chi connectivity index (χ0n) is 14.0. The molecule has 132 valence electrons. The predicted octanol–water partition coefficient (Wildman–Crippen LogP) is 1.16. The van der Waals surface area contributed by atoms with E-state index in [1.165, 1.54) is 0 Å². The number of piperazine rings is 1. The van der Waals surface area contributed by atoms with Gasteiger partial charge in [0.1, 0.15) is 0 Å². The average Bonchev–Trinajstić information content (AvgIpc) is 3.09. The second-order valence-corrected chi connectivity index (χ2v) is 6.82. The Morgan fingerprint density at radius 2 is 1.57 bits per heavy atom. The van der Waals surface area contributed by atoms with Gasteiger partial charge in [-0.25, -0.2) is 4.79 Å². The minimum absolute atomic E-state index is 0. The summed E-state index contributed by atoms with van der Waals surface area (Å²) in [6.45, 7) is 7.95. The third-order valence-corrected chi connectivity index (χ3v) is 5.28. The van der Waals surface area contributed by atoms with Crippen molar-refractivity contribution >= 4 is 24.3 Å². The van der Waals surface area contributed by atoms with Crippen LogP contribution in [0.25, 0.3) is 0 Å². The maximum absolute atomic E-state index is 12.7. The van der Waals surface area contributed by atoms with Crippen LogP contribution < -0.4 is 5.32 Å². The standard InChI is InChI=1S/C16H28N4O2.ClH/c1-13-12-17-6-11-20(13)15(21)14-4-9-19(10-5-14)16(22)18-7-2-3-8-18;/h13-14,17H,2-12H2,1H3;1H/t13-;/m1./s1. The molecule has 1 N–H and O–H groups in total. The molecule has 0 spiro atoms. The number of nitrogens with zero attached hydrogens (tertiary/aromatic N) is 3. The Bertz CT molecular complexity index is 420. The van der Waals surface area contributed by atoms with Crippen LogP contribution in [0, 0.1) is 5.92 Å². The molecule has 0 aromatic rings. The number of piperidine rings is 1. The quantitative estimate of drug-likeness (QED) is 0.776. The average molecular weight is 345 g/mol. The van der Waals surface area contributed by atoms with Crippen molar-refractivity contribution in [3.8, 4) is 0 Å². The summed E-state index contributed by atoms with van der Waals surface area (Å²) in [5.74, 6) is 0.394. The molecule has 0 aromatic heterocycles. The van der Waals surface area contributed by atoms with Crippen molar-refractivity contribution < 1.29 is 9.59 Å². The molecule has 3 saturated heterocycles. The first-order valence-electron chi connectivity index (χ1n) is 8.72. The SMILES string of the molecule is C[C@@H]1CNCCN1C(=O)C1CCN(C(=O)N2CCCC2)CC1.Cl. The van der Waals surface area contributed by atoms with Crippen molar-refractivity contribution in [2.45, 2.75) is 38.6 Å². The highest BCUT2D eigenvalue weighted by Crippen LogP contribution is 2.23. The lowest BCUT2D eigenvalue weighted by Crippen LogP contribution is -2.55. The fourth-order valence-electron chi connectivity index (χ4n) is 3.83. The number of hydrogen-bond donors (Lipinski definition) is 1. The molecule has 0 saturated carbocycles. The molecule has 0 radical (unpaired) electrons. The summed E-state index contributed by atoms with van der Waals surface area (Å²) in [7, 11) is 0. The lowest BCUT2D eigenvalue weighted by atomic mass is 9.94. The highest BCUT2D eigenvalue weighted by atomic mass is 35.5. The van der Waals surface area contributed by atoms with E-state index in [0.717, 1.165) is 71.5 Å². The maximum Gasteiger partial charge on any atom is 0.319 e. The molecular formula is C16H29ClN4O2. The smallest absolute Gasteiger partial charge is 0.319 e. The molecule has 6 nitrogen and oxygen atoms in total. The van der Waals surface area contributed by atoms with E-state index in [-0.39, 0.29) is 30.4 Å². The second kappa shape index (κ2) is 8.20. The second-order valence-electron chi connectivity index (χ2n) is 6.82. The predicted molar refractivity (Wildman–Crippen MR) is 91.8 cm³/mol. The zero-order chi connectivity index (χ0) is 15.5. The van der Waals surface area contributed by atoms with Crippen molar-refractivity contribution in [2.75, 3.05) is 45.8 Å². The Morgan fingerprint density at radius 1 is 0.957 bits per heavy atom. The summed E-state index contributed by atoms with van der Waals surface area (Å²) in [5.41, 5.74) is 0. The van der Waals surface area contributed by atoms with Crippen molar-refractivity contribution in [3.05, 3.63) is 0 Å². The van der Waals surface area contributed by atoms with Crippen LogP contribution in [0.2, 0.25) is 0 Å². The number of nitrogens with one attached hydrogen (secondary N) is 1. The fourth-order valence-corrected chi connectivity index (χ4v) is 3.83. The number of urea groups is 1. The first-order chi connectivity index (χ1) is 10.7. The minimum Gasteiger partial charge on any atom is -0.337 e. The van der Waals surface area contributed by atoms with E-state index in [9.17, 15) is 9.59 Å². The van der Waals surface area contributed by atoms with Gasteiger partial charge in [0.2, 0.25) is 5.91 Å². The van der Waals surface area contributed by atoms with Gasteiger partial charge in [0.15, 0.2) is 0 Å².